The highest BCUT2D eigenvalue weighted by Crippen LogP contribution is 2.23. The molecule has 1 aliphatic heterocycles. The lowest BCUT2D eigenvalue weighted by Crippen LogP contribution is -2.48. The largest absolute Gasteiger partial charge is 0.480 e. The first kappa shape index (κ1) is 27.7. The number of benzene rings is 1. The van der Waals surface area contributed by atoms with E-state index in [0.717, 1.165) is 32.4 Å². The zero-order valence-electron chi connectivity index (χ0n) is 19.8. The number of hydrogen-bond donors (Lipinski definition) is 5. The Balaban J connectivity index is 1.79. The molecule has 1 unspecified atom stereocenters. The zero-order valence-corrected chi connectivity index (χ0v) is 20.6. The molecule has 1 fully saturated rings. The van der Waals surface area contributed by atoms with Gasteiger partial charge < -0.3 is 21.1 Å². The van der Waals surface area contributed by atoms with Crippen LogP contribution in [-0.2, 0) is 24.4 Å². The predicted molar refractivity (Wildman–Crippen MR) is 128 cm³/mol. The molecule has 34 heavy (non-hydrogen) atoms. The molecule has 0 aromatic heterocycles. The van der Waals surface area contributed by atoms with Crippen molar-refractivity contribution in [3.63, 3.8) is 0 Å². The van der Waals surface area contributed by atoms with Crippen LogP contribution in [0.3, 0.4) is 0 Å². The summed E-state index contributed by atoms with van der Waals surface area (Å²) in [5.74, 6) is -1.54. The van der Waals surface area contributed by atoms with Gasteiger partial charge in [0.25, 0.3) is 0 Å². The number of piperidine rings is 1. The van der Waals surface area contributed by atoms with Crippen LogP contribution in [0.1, 0.15) is 57.4 Å². The van der Waals surface area contributed by atoms with E-state index in [0.29, 0.717) is 17.9 Å². The summed E-state index contributed by atoms with van der Waals surface area (Å²) >= 11 is 0. The maximum absolute atomic E-state index is 12.8. The second-order valence-corrected chi connectivity index (χ2v) is 10.5. The maximum atomic E-state index is 12.8. The second kappa shape index (κ2) is 13.4. The average molecular weight is 497 g/mol. The average Bonchev–Trinajstić information content (AvgIpc) is 2.81. The van der Waals surface area contributed by atoms with Gasteiger partial charge in [-0.05, 0) is 55.8 Å². The van der Waals surface area contributed by atoms with E-state index in [4.69, 9.17) is 0 Å². The first-order chi connectivity index (χ1) is 16.1. The Kier molecular flexibility index (Phi) is 10.9. The fourth-order valence-electron chi connectivity index (χ4n) is 3.85. The quantitative estimate of drug-likeness (QED) is 0.272. The van der Waals surface area contributed by atoms with Crippen LogP contribution in [-0.4, -0.2) is 63.5 Å². The van der Waals surface area contributed by atoms with Crippen LogP contribution in [0.2, 0.25) is 0 Å². The van der Waals surface area contributed by atoms with Gasteiger partial charge in [0.2, 0.25) is 21.8 Å². The van der Waals surface area contributed by atoms with Gasteiger partial charge in [-0.3, -0.25) is 14.4 Å². The Bertz CT molecular complexity index is 945. The fourth-order valence-corrected chi connectivity index (χ4v) is 5.40. The van der Waals surface area contributed by atoms with Gasteiger partial charge in [-0.1, -0.05) is 32.0 Å². The Morgan fingerprint density at radius 2 is 1.71 bits per heavy atom. The first-order valence-electron chi connectivity index (χ1n) is 11.7. The fraction of sp³-hybridized carbons (Fsp3) is 0.609. The number of carboxylic acids is 1. The lowest BCUT2D eigenvalue weighted by atomic mass is 9.93. The van der Waals surface area contributed by atoms with Crippen molar-refractivity contribution in [2.75, 3.05) is 26.2 Å². The number of carbonyl (C=O) groups excluding carboxylic acids is 2. The SMILES string of the molecule is CC(C)c1ccccc1S(=O)(=O)NC(CNC(=O)CCNC(=O)CCC1CCNCC1)C(=O)O. The summed E-state index contributed by atoms with van der Waals surface area (Å²) in [4.78, 5) is 35.7. The monoisotopic (exact) mass is 496 g/mol. The summed E-state index contributed by atoms with van der Waals surface area (Å²) in [5, 5.41) is 17.9. The van der Waals surface area contributed by atoms with Gasteiger partial charge in [-0.2, -0.15) is 4.72 Å². The summed E-state index contributed by atoms with van der Waals surface area (Å²) in [7, 11) is -4.12. The lowest BCUT2D eigenvalue weighted by molar-refractivity contribution is -0.138. The molecule has 190 valence electrons. The minimum atomic E-state index is -4.12. The van der Waals surface area contributed by atoms with Gasteiger partial charge in [0.15, 0.2) is 0 Å². The molecule has 1 saturated heterocycles. The number of rotatable bonds is 13. The molecule has 2 amide bonds. The Hall–Kier alpha value is -2.50. The molecule has 11 heteroatoms. The number of carbonyl (C=O) groups is 3. The molecule has 10 nitrogen and oxygen atoms in total. The second-order valence-electron chi connectivity index (χ2n) is 8.84. The topological polar surface area (TPSA) is 154 Å². The van der Waals surface area contributed by atoms with E-state index in [1.165, 1.54) is 6.07 Å². The molecule has 1 aliphatic rings. The van der Waals surface area contributed by atoms with Crippen molar-refractivity contribution in [3.05, 3.63) is 29.8 Å². The summed E-state index contributed by atoms with van der Waals surface area (Å²) in [5.41, 5.74) is 0.569. The highest BCUT2D eigenvalue weighted by atomic mass is 32.2. The van der Waals surface area contributed by atoms with E-state index < -0.39 is 34.5 Å². The zero-order chi connectivity index (χ0) is 25.1. The lowest BCUT2D eigenvalue weighted by Gasteiger charge is -2.22. The molecule has 2 rings (SSSR count). The van der Waals surface area contributed by atoms with Crippen LogP contribution in [0.25, 0.3) is 0 Å². The highest BCUT2D eigenvalue weighted by Gasteiger charge is 2.28. The van der Waals surface area contributed by atoms with Gasteiger partial charge in [0.05, 0.1) is 4.90 Å². The van der Waals surface area contributed by atoms with Gasteiger partial charge in [-0.15, -0.1) is 0 Å². The van der Waals surface area contributed by atoms with E-state index in [1.807, 2.05) is 13.8 Å². The van der Waals surface area contributed by atoms with Gasteiger partial charge in [-0.25, -0.2) is 8.42 Å². The minimum absolute atomic E-state index is 0.00905. The molecule has 0 aliphatic carbocycles. The van der Waals surface area contributed by atoms with Crippen LogP contribution in [0.15, 0.2) is 29.2 Å². The van der Waals surface area contributed by atoms with Crippen molar-refractivity contribution in [2.45, 2.75) is 62.8 Å². The third-order valence-corrected chi connectivity index (χ3v) is 7.39. The number of sulfonamides is 1. The smallest absolute Gasteiger partial charge is 0.323 e. The van der Waals surface area contributed by atoms with Crippen molar-refractivity contribution < 1.29 is 27.9 Å². The van der Waals surface area contributed by atoms with E-state index in [1.54, 1.807) is 18.2 Å². The molecule has 0 radical (unpaired) electrons. The van der Waals surface area contributed by atoms with Crippen LogP contribution in [0.5, 0.6) is 0 Å². The molecule has 0 spiro atoms. The van der Waals surface area contributed by atoms with Crippen LogP contribution < -0.4 is 20.7 Å². The molecule has 1 heterocycles. The number of carboxylic acid groups (broad SMARTS) is 1. The number of nitrogens with one attached hydrogen (secondary N) is 4. The number of aliphatic carboxylic acids is 1. The minimum Gasteiger partial charge on any atom is -0.480 e. The highest BCUT2D eigenvalue weighted by molar-refractivity contribution is 7.89. The summed E-state index contributed by atoms with van der Waals surface area (Å²) in [6.45, 7) is 5.35. The molecule has 1 aromatic carbocycles. The molecule has 1 atom stereocenters. The molecule has 0 saturated carbocycles. The Morgan fingerprint density at radius 1 is 1.06 bits per heavy atom. The van der Waals surface area contributed by atoms with Crippen molar-refractivity contribution in [2.24, 2.45) is 5.92 Å². The third kappa shape index (κ3) is 9.03. The van der Waals surface area contributed by atoms with Gasteiger partial charge in [0.1, 0.15) is 6.04 Å². The van der Waals surface area contributed by atoms with Gasteiger partial charge >= 0.3 is 5.97 Å². The summed E-state index contributed by atoms with van der Waals surface area (Å²) < 4.78 is 27.8. The van der Waals surface area contributed by atoms with E-state index in [-0.39, 0.29) is 29.7 Å². The molecular formula is C23H36N4O6S. The predicted octanol–water partition coefficient (Wildman–Crippen LogP) is 0.944. The van der Waals surface area contributed by atoms with Gasteiger partial charge in [0, 0.05) is 25.9 Å². The Morgan fingerprint density at radius 3 is 2.35 bits per heavy atom. The molecule has 0 bridgehead atoms. The van der Waals surface area contributed by atoms with E-state index in [9.17, 15) is 27.9 Å². The van der Waals surface area contributed by atoms with Crippen LogP contribution in [0, 0.1) is 5.92 Å². The van der Waals surface area contributed by atoms with Crippen LogP contribution in [0.4, 0.5) is 0 Å². The summed E-state index contributed by atoms with van der Waals surface area (Å²) in [6, 6.07) is 4.85. The summed E-state index contributed by atoms with van der Waals surface area (Å²) in [6.07, 6.45) is 3.32. The van der Waals surface area contributed by atoms with Crippen molar-refractivity contribution in [1.82, 2.24) is 20.7 Å². The van der Waals surface area contributed by atoms with E-state index >= 15 is 0 Å². The van der Waals surface area contributed by atoms with Crippen LogP contribution >= 0.6 is 0 Å². The third-order valence-electron chi connectivity index (χ3n) is 5.84. The number of hydrogen-bond acceptors (Lipinski definition) is 6. The normalized spacial score (nSPS) is 15.6. The van der Waals surface area contributed by atoms with Crippen molar-refractivity contribution in [3.8, 4) is 0 Å². The van der Waals surface area contributed by atoms with Crippen molar-refractivity contribution in [1.29, 1.82) is 0 Å². The standard InChI is InChI=1S/C23H36N4O6S/c1-16(2)18-5-3-4-6-20(18)34(32,33)27-19(23(30)31)15-26-22(29)11-14-25-21(28)8-7-17-9-12-24-13-10-17/h3-6,16-17,19,24,27H,7-15H2,1-2H3,(H,25,28)(H,26,29)(H,30,31). The number of amides is 2. The molecule has 1 aromatic rings. The Labute approximate surface area is 201 Å². The van der Waals surface area contributed by atoms with Crippen molar-refractivity contribution >= 4 is 27.8 Å². The van der Waals surface area contributed by atoms with E-state index in [2.05, 4.69) is 20.7 Å². The maximum Gasteiger partial charge on any atom is 0.323 e. The molecule has 5 N–H and O–H groups in total. The molecular weight excluding hydrogens is 460 g/mol. The first-order valence-corrected chi connectivity index (χ1v) is 13.2.